The van der Waals surface area contributed by atoms with Crippen LogP contribution in [-0.4, -0.2) is 11.7 Å². The van der Waals surface area contributed by atoms with Gasteiger partial charge in [0.2, 0.25) is 0 Å². The van der Waals surface area contributed by atoms with Crippen LogP contribution in [0, 0.1) is 0 Å². The number of phenolic OH excluding ortho intramolecular Hbond substituents is 1. The lowest BCUT2D eigenvalue weighted by molar-refractivity contribution is 0.306. The molecule has 0 aliphatic carbocycles. The Balaban J connectivity index is 1.90. The lowest BCUT2D eigenvalue weighted by Crippen LogP contribution is -2.06. The molecule has 1 aliphatic rings. The van der Waals surface area contributed by atoms with Gasteiger partial charge >= 0.3 is 0 Å². The van der Waals surface area contributed by atoms with Crippen LogP contribution in [0.1, 0.15) is 17.0 Å². The van der Waals surface area contributed by atoms with E-state index in [1.807, 2.05) is 24.3 Å². The van der Waals surface area contributed by atoms with Crippen molar-refractivity contribution in [3.05, 3.63) is 65.7 Å². The molecule has 0 bridgehead atoms. The molecule has 0 aromatic heterocycles. The fourth-order valence-corrected chi connectivity index (χ4v) is 2.15. The van der Waals surface area contributed by atoms with Gasteiger partial charge in [0.25, 0.3) is 0 Å². The summed E-state index contributed by atoms with van der Waals surface area (Å²) >= 11 is 0. The minimum atomic E-state index is 0.236. The van der Waals surface area contributed by atoms with E-state index in [2.05, 4.69) is 24.3 Å². The quantitative estimate of drug-likeness (QED) is 0.822. The summed E-state index contributed by atoms with van der Waals surface area (Å²) in [6.45, 7) is 0.594. The second kappa shape index (κ2) is 4.57. The smallest absolute Gasteiger partial charge is 0.130 e. The van der Waals surface area contributed by atoms with Gasteiger partial charge in [-0.1, -0.05) is 42.5 Å². The van der Waals surface area contributed by atoms with Crippen LogP contribution in [0.2, 0.25) is 0 Å². The zero-order chi connectivity index (χ0) is 12.4. The number of aromatic hydroxyl groups is 1. The Morgan fingerprint density at radius 2 is 1.89 bits per heavy atom. The average Bonchev–Trinajstić information content (AvgIpc) is 2.62. The molecule has 1 atom stereocenters. The van der Waals surface area contributed by atoms with E-state index in [1.54, 1.807) is 12.1 Å². The number of ether oxygens (including phenoxy) is 1. The minimum Gasteiger partial charge on any atom is -0.508 e. The highest BCUT2D eigenvalue weighted by molar-refractivity contribution is 5.61. The van der Waals surface area contributed by atoms with E-state index in [9.17, 15) is 5.11 Å². The summed E-state index contributed by atoms with van der Waals surface area (Å²) in [4.78, 5) is 0. The first-order valence-corrected chi connectivity index (χ1v) is 6.02. The summed E-state index contributed by atoms with van der Waals surface area (Å²) < 4.78 is 5.77. The van der Waals surface area contributed by atoms with Crippen molar-refractivity contribution >= 4 is 6.08 Å². The molecule has 0 spiro atoms. The van der Waals surface area contributed by atoms with Gasteiger partial charge in [-0.15, -0.1) is 0 Å². The van der Waals surface area contributed by atoms with Gasteiger partial charge in [-0.3, -0.25) is 0 Å². The van der Waals surface area contributed by atoms with Crippen molar-refractivity contribution in [2.45, 2.75) is 5.92 Å². The van der Waals surface area contributed by atoms with Gasteiger partial charge in [-0.25, -0.2) is 0 Å². The summed E-state index contributed by atoms with van der Waals surface area (Å²) in [5.41, 5.74) is 2.25. The first-order chi connectivity index (χ1) is 8.83. The monoisotopic (exact) mass is 238 g/mol. The molecule has 0 unspecified atom stereocenters. The van der Waals surface area contributed by atoms with Crippen LogP contribution in [0.3, 0.4) is 0 Å². The number of benzene rings is 2. The van der Waals surface area contributed by atoms with Gasteiger partial charge in [0.05, 0.1) is 6.61 Å². The van der Waals surface area contributed by atoms with Crippen molar-refractivity contribution in [3.8, 4) is 11.5 Å². The van der Waals surface area contributed by atoms with Crippen molar-refractivity contribution in [2.75, 3.05) is 6.61 Å². The molecule has 3 rings (SSSR count). The van der Waals surface area contributed by atoms with Crippen molar-refractivity contribution in [1.82, 2.24) is 0 Å². The molecule has 1 aliphatic heterocycles. The maximum atomic E-state index is 9.46. The standard InChI is InChI=1S/C16H14O2/c17-15-9-8-13-6-7-14(11-18-16(13)10-15)12-4-2-1-3-5-12/h1-10,14,17H,11H2/t14-/m0/s1. The number of phenols is 1. The van der Waals surface area contributed by atoms with E-state index < -0.39 is 0 Å². The van der Waals surface area contributed by atoms with Crippen molar-refractivity contribution < 1.29 is 9.84 Å². The molecule has 0 fully saturated rings. The Bertz CT molecular complexity index is 573. The molecule has 0 amide bonds. The molecule has 0 saturated carbocycles. The van der Waals surface area contributed by atoms with Gasteiger partial charge in [0, 0.05) is 17.5 Å². The Morgan fingerprint density at radius 3 is 2.72 bits per heavy atom. The zero-order valence-electron chi connectivity index (χ0n) is 9.91. The Hall–Kier alpha value is -2.22. The molecule has 2 aromatic rings. The van der Waals surface area contributed by atoms with Gasteiger partial charge in [0.1, 0.15) is 11.5 Å². The van der Waals surface area contributed by atoms with Gasteiger partial charge in [-0.2, -0.15) is 0 Å². The average molecular weight is 238 g/mol. The maximum absolute atomic E-state index is 9.46. The van der Waals surface area contributed by atoms with Crippen LogP contribution in [0.4, 0.5) is 0 Å². The maximum Gasteiger partial charge on any atom is 0.130 e. The van der Waals surface area contributed by atoms with Gasteiger partial charge in [-0.05, 0) is 17.7 Å². The SMILES string of the molecule is Oc1ccc2c(c1)OC[C@@H](c1ccccc1)C=C2. The number of rotatable bonds is 1. The van der Waals surface area contributed by atoms with E-state index in [-0.39, 0.29) is 11.7 Å². The topological polar surface area (TPSA) is 29.5 Å². The molecule has 90 valence electrons. The van der Waals surface area contributed by atoms with Crippen LogP contribution in [0.5, 0.6) is 11.5 Å². The Labute approximate surface area is 106 Å². The fraction of sp³-hybridized carbons (Fsp3) is 0.125. The number of fused-ring (bicyclic) bond motifs is 1. The van der Waals surface area contributed by atoms with Crippen molar-refractivity contribution in [3.63, 3.8) is 0 Å². The highest BCUT2D eigenvalue weighted by Crippen LogP contribution is 2.31. The van der Waals surface area contributed by atoms with Crippen LogP contribution < -0.4 is 4.74 Å². The zero-order valence-corrected chi connectivity index (χ0v) is 9.91. The summed E-state index contributed by atoms with van der Waals surface area (Å²) in [5, 5.41) is 9.46. The van der Waals surface area contributed by atoms with E-state index in [0.29, 0.717) is 6.61 Å². The number of hydrogen-bond acceptors (Lipinski definition) is 2. The summed E-state index contributed by atoms with van der Waals surface area (Å²) in [7, 11) is 0. The Morgan fingerprint density at radius 1 is 1.06 bits per heavy atom. The fourth-order valence-electron chi connectivity index (χ4n) is 2.15. The molecular weight excluding hydrogens is 224 g/mol. The Kier molecular flexibility index (Phi) is 2.77. The van der Waals surface area contributed by atoms with Crippen LogP contribution in [-0.2, 0) is 0 Å². The molecule has 0 saturated heterocycles. The van der Waals surface area contributed by atoms with E-state index in [1.165, 1.54) is 5.56 Å². The van der Waals surface area contributed by atoms with Crippen LogP contribution in [0.15, 0.2) is 54.6 Å². The second-order valence-electron chi connectivity index (χ2n) is 4.41. The normalized spacial score (nSPS) is 17.7. The number of hydrogen-bond donors (Lipinski definition) is 1. The third-order valence-electron chi connectivity index (χ3n) is 3.15. The van der Waals surface area contributed by atoms with Gasteiger partial charge in [0.15, 0.2) is 0 Å². The molecule has 1 N–H and O–H groups in total. The molecule has 0 radical (unpaired) electrons. The summed E-state index contributed by atoms with van der Waals surface area (Å²) in [6.07, 6.45) is 4.21. The first-order valence-electron chi connectivity index (χ1n) is 6.02. The molecular formula is C16H14O2. The lowest BCUT2D eigenvalue weighted by Gasteiger charge is -2.12. The second-order valence-corrected chi connectivity index (χ2v) is 4.41. The lowest BCUT2D eigenvalue weighted by atomic mass is 9.99. The summed E-state index contributed by atoms with van der Waals surface area (Å²) in [6, 6.07) is 15.5. The van der Waals surface area contributed by atoms with Crippen molar-refractivity contribution in [1.29, 1.82) is 0 Å². The predicted molar refractivity (Wildman–Crippen MR) is 71.8 cm³/mol. The molecule has 2 nitrogen and oxygen atoms in total. The predicted octanol–water partition coefficient (Wildman–Crippen LogP) is 3.58. The molecule has 18 heavy (non-hydrogen) atoms. The first kappa shape index (κ1) is 10.9. The third-order valence-corrected chi connectivity index (χ3v) is 3.15. The van der Waals surface area contributed by atoms with Crippen LogP contribution >= 0.6 is 0 Å². The van der Waals surface area contributed by atoms with E-state index >= 15 is 0 Å². The van der Waals surface area contributed by atoms with E-state index in [4.69, 9.17) is 4.74 Å². The molecule has 2 aromatic carbocycles. The van der Waals surface area contributed by atoms with Crippen molar-refractivity contribution in [2.24, 2.45) is 0 Å². The van der Waals surface area contributed by atoms with Crippen LogP contribution in [0.25, 0.3) is 6.08 Å². The van der Waals surface area contributed by atoms with E-state index in [0.717, 1.165) is 11.3 Å². The highest BCUT2D eigenvalue weighted by Gasteiger charge is 2.14. The van der Waals surface area contributed by atoms with Gasteiger partial charge < -0.3 is 9.84 Å². The minimum absolute atomic E-state index is 0.236. The molecule has 1 heterocycles. The highest BCUT2D eigenvalue weighted by atomic mass is 16.5. The largest absolute Gasteiger partial charge is 0.508 e. The third kappa shape index (κ3) is 2.09. The summed E-state index contributed by atoms with van der Waals surface area (Å²) in [5.74, 6) is 1.23. The molecule has 2 heteroatoms.